The van der Waals surface area contributed by atoms with Crippen molar-refractivity contribution < 1.29 is 23.8 Å². The van der Waals surface area contributed by atoms with Gasteiger partial charge in [0, 0.05) is 6.07 Å². The van der Waals surface area contributed by atoms with Gasteiger partial charge in [0.1, 0.15) is 17.7 Å². The van der Waals surface area contributed by atoms with Crippen LogP contribution in [0.3, 0.4) is 0 Å². The van der Waals surface area contributed by atoms with Crippen LogP contribution in [-0.2, 0) is 4.79 Å². The number of carbonyl (C=O) groups is 2. The topological polar surface area (TPSA) is 102 Å². The Morgan fingerprint density at radius 2 is 2.22 bits per heavy atom. The van der Waals surface area contributed by atoms with Crippen molar-refractivity contribution in [2.45, 2.75) is 6.10 Å². The molecule has 1 rings (SSSR count). The van der Waals surface area contributed by atoms with Gasteiger partial charge < -0.3 is 20.9 Å². The maximum atomic E-state index is 13.5. The average molecular weight is 256 g/mol. The second-order valence-corrected chi connectivity index (χ2v) is 3.47. The largest absolute Gasteiger partial charge is 0.497 e. The van der Waals surface area contributed by atoms with Gasteiger partial charge in [-0.25, -0.2) is 4.39 Å². The molecule has 6 nitrogen and oxygen atoms in total. The Bertz CT molecular complexity index is 464. The van der Waals surface area contributed by atoms with Crippen molar-refractivity contribution in [3.8, 4) is 5.75 Å². The predicted octanol–water partition coefficient (Wildman–Crippen LogP) is -0.590. The summed E-state index contributed by atoms with van der Waals surface area (Å²) in [6.45, 7) is -0.375. The number of ether oxygens (including phenoxy) is 1. The van der Waals surface area contributed by atoms with Gasteiger partial charge in [-0.1, -0.05) is 0 Å². The molecule has 0 aliphatic carbocycles. The van der Waals surface area contributed by atoms with E-state index in [0.717, 1.165) is 6.07 Å². The van der Waals surface area contributed by atoms with Gasteiger partial charge in [0.25, 0.3) is 5.91 Å². The monoisotopic (exact) mass is 256 g/mol. The van der Waals surface area contributed by atoms with Gasteiger partial charge in [0.05, 0.1) is 19.2 Å². The third-order valence-corrected chi connectivity index (χ3v) is 2.21. The first-order valence-corrected chi connectivity index (χ1v) is 5.04. The summed E-state index contributed by atoms with van der Waals surface area (Å²) in [7, 11) is 1.37. The highest BCUT2D eigenvalue weighted by atomic mass is 19.1. The molecule has 0 bridgehead atoms. The minimum absolute atomic E-state index is 0.215. The molecule has 0 heterocycles. The molecule has 0 aromatic heterocycles. The Labute approximate surface area is 103 Å². The quantitative estimate of drug-likeness (QED) is 0.655. The van der Waals surface area contributed by atoms with Crippen molar-refractivity contribution in [2.75, 3.05) is 13.7 Å². The lowest BCUT2D eigenvalue weighted by atomic mass is 10.2. The fraction of sp³-hybridized carbons (Fsp3) is 0.273. The van der Waals surface area contributed by atoms with Crippen LogP contribution in [0.4, 0.5) is 4.39 Å². The number of methoxy groups -OCH3 is 1. The van der Waals surface area contributed by atoms with E-state index in [1.165, 1.54) is 19.2 Å². The highest BCUT2D eigenvalue weighted by Crippen LogP contribution is 2.15. The number of nitrogens with one attached hydrogen (secondary N) is 1. The summed E-state index contributed by atoms with van der Waals surface area (Å²) in [4.78, 5) is 22.1. The summed E-state index contributed by atoms with van der Waals surface area (Å²) >= 11 is 0. The zero-order chi connectivity index (χ0) is 13.7. The molecule has 0 spiro atoms. The van der Waals surface area contributed by atoms with Crippen LogP contribution in [0.1, 0.15) is 10.4 Å². The molecule has 2 amide bonds. The third-order valence-electron chi connectivity index (χ3n) is 2.21. The van der Waals surface area contributed by atoms with Gasteiger partial charge >= 0.3 is 0 Å². The van der Waals surface area contributed by atoms with Crippen LogP contribution < -0.4 is 15.8 Å². The van der Waals surface area contributed by atoms with E-state index < -0.39 is 23.7 Å². The second-order valence-electron chi connectivity index (χ2n) is 3.47. The van der Waals surface area contributed by atoms with Crippen LogP contribution in [0.15, 0.2) is 18.2 Å². The Hall–Kier alpha value is -2.15. The van der Waals surface area contributed by atoms with E-state index in [1.54, 1.807) is 0 Å². The van der Waals surface area contributed by atoms with Crippen molar-refractivity contribution in [2.24, 2.45) is 5.73 Å². The first-order chi connectivity index (χ1) is 8.45. The molecule has 18 heavy (non-hydrogen) atoms. The van der Waals surface area contributed by atoms with Gasteiger partial charge in [-0.3, -0.25) is 9.59 Å². The number of aliphatic hydroxyl groups excluding tert-OH is 1. The van der Waals surface area contributed by atoms with E-state index in [-0.39, 0.29) is 17.9 Å². The predicted molar refractivity (Wildman–Crippen MR) is 60.5 cm³/mol. The van der Waals surface area contributed by atoms with Crippen LogP contribution in [0.5, 0.6) is 5.75 Å². The number of amides is 2. The molecule has 0 saturated heterocycles. The lowest BCUT2D eigenvalue weighted by Crippen LogP contribution is -2.40. The van der Waals surface area contributed by atoms with Crippen LogP contribution in [0, 0.1) is 5.82 Å². The first-order valence-electron chi connectivity index (χ1n) is 5.04. The molecular formula is C11H13FN2O4. The third kappa shape index (κ3) is 3.42. The van der Waals surface area contributed by atoms with Crippen molar-refractivity contribution in [3.05, 3.63) is 29.6 Å². The lowest BCUT2D eigenvalue weighted by molar-refractivity contribution is -0.125. The summed E-state index contributed by atoms with van der Waals surface area (Å²) < 4.78 is 18.3. The average Bonchev–Trinajstić information content (AvgIpc) is 2.34. The van der Waals surface area contributed by atoms with E-state index >= 15 is 0 Å². The Morgan fingerprint density at radius 3 is 2.72 bits per heavy atom. The highest BCUT2D eigenvalue weighted by molar-refractivity contribution is 5.95. The highest BCUT2D eigenvalue weighted by Gasteiger charge is 2.16. The summed E-state index contributed by atoms with van der Waals surface area (Å²) in [6.07, 6.45) is -1.50. The van der Waals surface area contributed by atoms with Gasteiger partial charge in [-0.05, 0) is 12.1 Å². The zero-order valence-electron chi connectivity index (χ0n) is 9.64. The van der Waals surface area contributed by atoms with E-state index in [2.05, 4.69) is 5.32 Å². The summed E-state index contributed by atoms with van der Waals surface area (Å²) in [5, 5.41) is 11.3. The van der Waals surface area contributed by atoms with Crippen LogP contribution in [-0.4, -0.2) is 36.7 Å². The maximum absolute atomic E-state index is 13.5. The molecule has 0 aliphatic heterocycles. The Balaban J connectivity index is 2.70. The van der Waals surface area contributed by atoms with Crippen LogP contribution in [0.25, 0.3) is 0 Å². The maximum Gasteiger partial charge on any atom is 0.254 e. The van der Waals surface area contributed by atoms with Gasteiger partial charge in [0.2, 0.25) is 5.91 Å². The number of carbonyl (C=O) groups excluding carboxylic acids is 2. The van der Waals surface area contributed by atoms with Crippen molar-refractivity contribution in [1.29, 1.82) is 0 Å². The van der Waals surface area contributed by atoms with Crippen molar-refractivity contribution in [1.82, 2.24) is 5.32 Å². The smallest absolute Gasteiger partial charge is 0.254 e. The molecule has 0 aliphatic rings. The molecule has 0 saturated carbocycles. The number of nitrogens with two attached hydrogens (primary N) is 1. The fourth-order valence-corrected chi connectivity index (χ4v) is 1.19. The first kappa shape index (κ1) is 13.9. The molecular weight excluding hydrogens is 243 g/mol. The van der Waals surface area contributed by atoms with Crippen molar-refractivity contribution in [3.63, 3.8) is 0 Å². The fourth-order valence-electron chi connectivity index (χ4n) is 1.19. The summed E-state index contributed by atoms with van der Waals surface area (Å²) in [6, 6.07) is 3.71. The van der Waals surface area contributed by atoms with Crippen LogP contribution in [0.2, 0.25) is 0 Å². The Morgan fingerprint density at radius 1 is 1.56 bits per heavy atom. The van der Waals surface area contributed by atoms with E-state index in [4.69, 9.17) is 15.6 Å². The normalized spacial score (nSPS) is 11.7. The molecule has 1 aromatic rings. The molecule has 0 radical (unpaired) electrons. The SMILES string of the molecule is COc1ccc(C(=O)NCC(O)C(N)=O)c(F)c1. The van der Waals surface area contributed by atoms with Gasteiger partial charge in [0.15, 0.2) is 0 Å². The number of benzene rings is 1. The number of aliphatic hydroxyl groups is 1. The standard InChI is InChI=1S/C11H13FN2O4/c1-18-6-2-3-7(8(12)4-6)11(17)14-5-9(15)10(13)16/h2-4,9,15H,5H2,1H3,(H2,13,16)(H,14,17). The van der Waals surface area contributed by atoms with Gasteiger partial charge in [-0.2, -0.15) is 0 Å². The number of hydrogen-bond donors (Lipinski definition) is 3. The van der Waals surface area contributed by atoms with Crippen LogP contribution >= 0.6 is 0 Å². The lowest BCUT2D eigenvalue weighted by Gasteiger charge is -2.09. The summed E-state index contributed by atoms with van der Waals surface area (Å²) in [5.41, 5.74) is 4.58. The second kappa shape index (κ2) is 5.97. The number of halogens is 1. The van der Waals surface area contributed by atoms with Gasteiger partial charge in [-0.15, -0.1) is 0 Å². The van der Waals surface area contributed by atoms with E-state index in [0.29, 0.717) is 0 Å². The molecule has 0 fully saturated rings. The molecule has 1 unspecified atom stereocenters. The molecule has 1 atom stereocenters. The van der Waals surface area contributed by atoms with E-state index in [9.17, 15) is 14.0 Å². The molecule has 4 N–H and O–H groups in total. The Kier molecular flexibility index (Phi) is 4.61. The van der Waals surface area contributed by atoms with Crippen molar-refractivity contribution >= 4 is 11.8 Å². The molecule has 1 aromatic carbocycles. The summed E-state index contributed by atoms with van der Waals surface area (Å²) in [5.74, 6) is -2.21. The molecule has 98 valence electrons. The number of hydrogen-bond acceptors (Lipinski definition) is 4. The minimum atomic E-state index is -1.50. The minimum Gasteiger partial charge on any atom is -0.497 e. The van der Waals surface area contributed by atoms with E-state index in [1.807, 2.05) is 0 Å². The number of primary amides is 1. The number of rotatable bonds is 5. The molecule has 7 heteroatoms. The zero-order valence-corrected chi connectivity index (χ0v) is 9.64.